The number of nitrogens with one attached hydrogen (secondary N) is 1. The summed E-state index contributed by atoms with van der Waals surface area (Å²) in [6, 6.07) is 18.6. The van der Waals surface area contributed by atoms with Crippen LogP contribution >= 0.6 is 0 Å². The second kappa shape index (κ2) is 9.39. The Bertz CT molecular complexity index is 1090. The van der Waals surface area contributed by atoms with Crippen molar-refractivity contribution < 1.29 is 9.59 Å². The van der Waals surface area contributed by atoms with Gasteiger partial charge in [0.1, 0.15) is 0 Å². The minimum absolute atomic E-state index is 0.0143. The van der Waals surface area contributed by atoms with Gasteiger partial charge in [0.15, 0.2) is 0 Å². The molecule has 2 amide bonds. The maximum atomic E-state index is 13.1. The molecule has 166 valence electrons. The van der Waals surface area contributed by atoms with Crippen LogP contribution in [0.4, 0.5) is 0 Å². The molecule has 1 N–H and O–H groups in total. The molecule has 1 aliphatic heterocycles. The molecule has 1 saturated heterocycles. The van der Waals surface area contributed by atoms with E-state index in [0.717, 1.165) is 29.7 Å². The molecule has 0 spiro atoms. The van der Waals surface area contributed by atoms with E-state index < -0.39 is 5.41 Å². The molecule has 2 aromatic carbocycles. The molecule has 6 nitrogen and oxygen atoms in total. The highest BCUT2D eigenvalue weighted by Crippen LogP contribution is 2.36. The molecule has 1 unspecified atom stereocenters. The first-order chi connectivity index (χ1) is 15.5. The zero-order chi connectivity index (χ0) is 22.6. The standard InChI is InChI=1S/C26H30N4O2/c1-3-13-30-18-23(17-28-30)24(31)29-14-12-26(19-29,25(32)27-2)16-20-8-7-11-22(15-20)21-9-5-4-6-10-21/h4-11,15,17-18H,3,12-14,16,19H2,1-2H3,(H,27,32). The van der Waals surface area contributed by atoms with E-state index in [1.165, 1.54) is 0 Å². The topological polar surface area (TPSA) is 67.2 Å². The first kappa shape index (κ1) is 21.8. The molecule has 3 aromatic rings. The second-order valence-corrected chi connectivity index (χ2v) is 8.57. The molecule has 1 fully saturated rings. The summed E-state index contributed by atoms with van der Waals surface area (Å²) in [7, 11) is 1.67. The number of aromatic nitrogens is 2. The van der Waals surface area contributed by atoms with Gasteiger partial charge in [-0.05, 0) is 36.0 Å². The maximum Gasteiger partial charge on any atom is 0.257 e. The number of hydrogen-bond acceptors (Lipinski definition) is 3. The van der Waals surface area contributed by atoms with Crippen LogP contribution < -0.4 is 5.32 Å². The molecule has 1 aromatic heterocycles. The van der Waals surface area contributed by atoms with Crippen molar-refractivity contribution in [2.24, 2.45) is 5.41 Å². The van der Waals surface area contributed by atoms with E-state index in [0.29, 0.717) is 31.5 Å². The number of carbonyl (C=O) groups excluding carboxylic acids is 2. The number of benzene rings is 2. The molecule has 1 atom stereocenters. The molecule has 0 saturated carbocycles. The van der Waals surface area contributed by atoms with Crippen molar-refractivity contribution in [1.82, 2.24) is 20.0 Å². The molecule has 32 heavy (non-hydrogen) atoms. The van der Waals surface area contributed by atoms with Crippen LogP contribution in [0.15, 0.2) is 67.0 Å². The van der Waals surface area contributed by atoms with Crippen molar-refractivity contribution in [3.63, 3.8) is 0 Å². The minimum Gasteiger partial charge on any atom is -0.359 e. The Hall–Kier alpha value is -3.41. The highest BCUT2D eigenvalue weighted by Gasteiger charge is 2.45. The van der Waals surface area contributed by atoms with Crippen LogP contribution in [0, 0.1) is 5.41 Å². The van der Waals surface area contributed by atoms with E-state index in [1.807, 2.05) is 24.3 Å². The van der Waals surface area contributed by atoms with Gasteiger partial charge in [-0.1, -0.05) is 61.5 Å². The molecule has 2 heterocycles. The average Bonchev–Trinajstić information content (AvgIpc) is 3.47. The number of nitrogens with zero attached hydrogens (tertiary/aromatic N) is 3. The van der Waals surface area contributed by atoms with Gasteiger partial charge in [-0.25, -0.2) is 0 Å². The predicted molar refractivity (Wildman–Crippen MR) is 125 cm³/mol. The van der Waals surface area contributed by atoms with Crippen molar-refractivity contribution in [3.05, 3.63) is 78.1 Å². The van der Waals surface area contributed by atoms with Gasteiger partial charge in [-0.15, -0.1) is 0 Å². The van der Waals surface area contributed by atoms with Gasteiger partial charge >= 0.3 is 0 Å². The van der Waals surface area contributed by atoms with Crippen molar-refractivity contribution in [2.45, 2.75) is 32.7 Å². The fourth-order valence-corrected chi connectivity index (χ4v) is 4.61. The summed E-state index contributed by atoms with van der Waals surface area (Å²) in [5.74, 6) is -0.0734. The first-order valence-corrected chi connectivity index (χ1v) is 11.2. The third kappa shape index (κ3) is 4.44. The molecule has 0 radical (unpaired) electrons. The highest BCUT2D eigenvalue weighted by molar-refractivity contribution is 5.95. The van der Waals surface area contributed by atoms with E-state index >= 15 is 0 Å². The molecular formula is C26H30N4O2. The van der Waals surface area contributed by atoms with E-state index in [1.54, 1.807) is 29.0 Å². The summed E-state index contributed by atoms with van der Waals surface area (Å²) >= 11 is 0. The fraction of sp³-hybridized carbons (Fsp3) is 0.346. The normalized spacial score (nSPS) is 18.0. The SMILES string of the molecule is CCCn1cc(C(=O)N2CCC(Cc3cccc(-c4ccccc4)c3)(C(=O)NC)C2)cn1. The van der Waals surface area contributed by atoms with Crippen molar-refractivity contribution in [1.29, 1.82) is 0 Å². The van der Waals surface area contributed by atoms with E-state index in [4.69, 9.17) is 0 Å². The van der Waals surface area contributed by atoms with E-state index in [2.05, 4.69) is 47.7 Å². The minimum atomic E-state index is -0.640. The van der Waals surface area contributed by atoms with Gasteiger partial charge < -0.3 is 10.2 Å². The quantitative estimate of drug-likeness (QED) is 0.620. The van der Waals surface area contributed by atoms with Gasteiger partial charge in [0.05, 0.1) is 17.2 Å². The summed E-state index contributed by atoms with van der Waals surface area (Å²) in [4.78, 5) is 27.9. The zero-order valence-electron chi connectivity index (χ0n) is 18.8. The molecule has 1 aliphatic rings. The van der Waals surface area contributed by atoms with E-state index in [9.17, 15) is 9.59 Å². The zero-order valence-corrected chi connectivity index (χ0v) is 18.8. The lowest BCUT2D eigenvalue weighted by Crippen LogP contribution is -2.44. The van der Waals surface area contributed by atoms with Crippen LogP contribution in [0.1, 0.15) is 35.7 Å². The van der Waals surface area contributed by atoms with Crippen molar-refractivity contribution in [2.75, 3.05) is 20.1 Å². The average molecular weight is 431 g/mol. The van der Waals surface area contributed by atoms with Gasteiger partial charge in [-0.3, -0.25) is 14.3 Å². The lowest BCUT2D eigenvalue weighted by Gasteiger charge is -2.28. The lowest BCUT2D eigenvalue weighted by atomic mass is 9.79. The smallest absolute Gasteiger partial charge is 0.257 e. The second-order valence-electron chi connectivity index (χ2n) is 8.57. The van der Waals surface area contributed by atoms with Crippen LogP contribution in [0.2, 0.25) is 0 Å². The molecular weight excluding hydrogens is 400 g/mol. The molecule has 0 aliphatic carbocycles. The number of hydrogen-bond donors (Lipinski definition) is 1. The Morgan fingerprint density at radius 2 is 1.88 bits per heavy atom. The van der Waals surface area contributed by atoms with Crippen molar-refractivity contribution in [3.8, 4) is 11.1 Å². The summed E-state index contributed by atoms with van der Waals surface area (Å²) in [5.41, 5.74) is 3.32. The van der Waals surface area contributed by atoms with Crippen LogP contribution in [0.5, 0.6) is 0 Å². The van der Waals surface area contributed by atoms with Crippen LogP contribution in [0.3, 0.4) is 0 Å². The molecule has 4 rings (SSSR count). The number of amides is 2. The summed E-state index contributed by atoms with van der Waals surface area (Å²) in [6.07, 6.45) is 5.61. The maximum absolute atomic E-state index is 13.1. The predicted octanol–water partition coefficient (Wildman–Crippen LogP) is 3.78. The Labute approximate surface area is 189 Å². The van der Waals surface area contributed by atoms with Crippen LogP contribution in [-0.2, 0) is 17.8 Å². The fourth-order valence-electron chi connectivity index (χ4n) is 4.61. The largest absolute Gasteiger partial charge is 0.359 e. The van der Waals surface area contributed by atoms with Crippen LogP contribution in [-0.4, -0.2) is 46.6 Å². The van der Waals surface area contributed by atoms with Gasteiger partial charge in [0, 0.05) is 32.9 Å². The lowest BCUT2D eigenvalue weighted by molar-refractivity contribution is -0.129. The molecule has 0 bridgehead atoms. The first-order valence-electron chi connectivity index (χ1n) is 11.2. The summed E-state index contributed by atoms with van der Waals surface area (Å²) < 4.78 is 1.80. The van der Waals surface area contributed by atoms with Gasteiger partial charge in [-0.2, -0.15) is 5.10 Å². The summed E-state index contributed by atoms with van der Waals surface area (Å²) in [5, 5.41) is 7.12. The number of rotatable bonds is 7. The third-order valence-electron chi connectivity index (χ3n) is 6.26. The Morgan fingerprint density at radius 3 is 2.62 bits per heavy atom. The van der Waals surface area contributed by atoms with E-state index in [-0.39, 0.29) is 11.8 Å². The Kier molecular flexibility index (Phi) is 6.40. The van der Waals surface area contributed by atoms with Crippen molar-refractivity contribution >= 4 is 11.8 Å². The Balaban J connectivity index is 1.55. The third-order valence-corrected chi connectivity index (χ3v) is 6.26. The monoisotopic (exact) mass is 430 g/mol. The number of aryl methyl sites for hydroxylation is 1. The number of carbonyl (C=O) groups is 2. The van der Waals surface area contributed by atoms with Crippen LogP contribution in [0.25, 0.3) is 11.1 Å². The Morgan fingerprint density at radius 1 is 1.09 bits per heavy atom. The van der Waals surface area contributed by atoms with Gasteiger partial charge in [0.25, 0.3) is 5.91 Å². The van der Waals surface area contributed by atoms with Gasteiger partial charge in [0.2, 0.25) is 5.91 Å². The molecule has 6 heteroatoms. The number of likely N-dealkylation sites (tertiary alicyclic amines) is 1. The summed E-state index contributed by atoms with van der Waals surface area (Å²) in [6.45, 7) is 3.82. The highest BCUT2D eigenvalue weighted by atomic mass is 16.2.